The summed E-state index contributed by atoms with van der Waals surface area (Å²) in [6.07, 6.45) is 1.31. The number of rotatable bonds is 7. The molecule has 4 heteroatoms. The number of likely N-dealkylation sites (N-methyl/N-ethyl adjacent to an activating group) is 1. The molecule has 4 nitrogen and oxygen atoms in total. The summed E-state index contributed by atoms with van der Waals surface area (Å²) in [5, 5.41) is 0. The highest BCUT2D eigenvalue weighted by Crippen LogP contribution is 2.26. The molecule has 2 aromatic rings. The van der Waals surface area contributed by atoms with Crippen LogP contribution in [0.25, 0.3) is 11.1 Å². The minimum atomic E-state index is -0.499. The Morgan fingerprint density at radius 1 is 1.11 bits per heavy atom. The van der Waals surface area contributed by atoms with Crippen LogP contribution in [0.4, 0.5) is 0 Å². The maximum absolute atomic E-state index is 12.7. The van der Waals surface area contributed by atoms with E-state index in [-0.39, 0.29) is 18.2 Å². The highest BCUT2D eigenvalue weighted by Gasteiger charge is 2.40. The number of nitrogens with zero attached hydrogens (tertiary/aromatic N) is 1. The van der Waals surface area contributed by atoms with Crippen LogP contribution < -0.4 is 0 Å². The molecule has 148 valence electrons. The van der Waals surface area contributed by atoms with Gasteiger partial charge in [-0.3, -0.25) is 14.5 Å². The van der Waals surface area contributed by atoms with Crippen LogP contribution in [0.1, 0.15) is 39.2 Å². The first-order valence-corrected chi connectivity index (χ1v) is 10.0. The molecule has 2 aromatic carbocycles. The molecule has 3 rings (SSSR count). The molecule has 0 aromatic heterocycles. The Kier molecular flexibility index (Phi) is 6.30. The van der Waals surface area contributed by atoms with Gasteiger partial charge in [0.05, 0.1) is 0 Å². The fourth-order valence-corrected chi connectivity index (χ4v) is 3.90. The van der Waals surface area contributed by atoms with Gasteiger partial charge in [-0.1, -0.05) is 61.5 Å². The highest BCUT2D eigenvalue weighted by atomic mass is 16.6. The molecular weight excluding hydrogens is 350 g/mol. The molecule has 1 atom stereocenters. The SMILES string of the molecule is CCN1CC(C)(C)OC(=O)C1CC(=O)CCc1ccccc1-c1ccccc1. The first-order valence-electron chi connectivity index (χ1n) is 10.0. The van der Waals surface area contributed by atoms with Crippen LogP contribution in [-0.4, -0.2) is 41.4 Å². The second-order valence-corrected chi connectivity index (χ2v) is 8.03. The Morgan fingerprint density at radius 3 is 2.50 bits per heavy atom. The van der Waals surface area contributed by atoms with E-state index in [2.05, 4.69) is 29.2 Å². The summed E-state index contributed by atoms with van der Waals surface area (Å²) < 4.78 is 5.53. The van der Waals surface area contributed by atoms with E-state index in [9.17, 15) is 9.59 Å². The fraction of sp³-hybridized carbons (Fsp3) is 0.417. The van der Waals surface area contributed by atoms with E-state index in [4.69, 9.17) is 4.74 Å². The Balaban J connectivity index is 1.65. The molecule has 0 bridgehead atoms. The zero-order valence-corrected chi connectivity index (χ0v) is 17.0. The molecule has 0 spiro atoms. The number of ether oxygens (including phenoxy) is 1. The molecule has 0 amide bonds. The zero-order chi connectivity index (χ0) is 20.1. The molecule has 1 aliphatic rings. The van der Waals surface area contributed by atoms with Crippen molar-refractivity contribution in [2.75, 3.05) is 13.1 Å². The van der Waals surface area contributed by atoms with Gasteiger partial charge in [-0.05, 0) is 43.5 Å². The van der Waals surface area contributed by atoms with Crippen LogP contribution >= 0.6 is 0 Å². The number of ketones is 1. The lowest BCUT2D eigenvalue weighted by Crippen LogP contribution is -2.57. The summed E-state index contributed by atoms with van der Waals surface area (Å²) in [7, 11) is 0. The van der Waals surface area contributed by atoms with E-state index < -0.39 is 11.6 Å². The molecule has 28 heavy (non-hydrogen) atoms. The van der Waals surface area contributed by atoms with Gasteiger partial charge in [0.25, 0.3) is 0 Å². The van der Waals surface area contributed by atoms with Crippen LogP contribution in [0.5, 0.6) is 0 Å². The summed E-state index contributed by atoms with van der Waals surface area (Å²) in [4.78, 5) is 27.1. The molecule has 1 heterocycles. The lowest BCUT2D eigenvalue weighted by atomic mass is 9.94. The Morgan fingerprint density at radius 2 is 1.79 bits per heavy atom. The van der Waals surface area contributed by atoms with E-state index in [0.29, 0.717) is 19.4 Å². The Labute approximate surface area is 167 Å². The van der Waals surface area contributed by atoms with E-state index in [1.54, 1.807) is 0 Å². The first-order chi connectivity index (χ1) is 13.4. The fourth-order valence-electron chi connectivity index (χ4n) is 3.90. The molecule has 1 unspecified atom stereocenters. The maximum atomic E-state index is 12.7. The molecule has 1 fully saturated rings. The third-order valence-corrected chi connectivity index (χ3v) is 5.28. The minimum absolute atomic E-state index is 0.1000. The van der Waals surface area contributed by atoms with Gasteiger partial charge in [-0.15, -0.1) is 0 Å². The van der Waals surface area contributed by atoms with E-state index >= 15 is 0 Å². The largest absolute Gasteiger partial charge is 0.457 e. The molecule has 0 radical (unpaired) electrons. The molecule has 1 aliphatic heterocycles. The van der Waals surface area contributed by atoms with E-state index in [0.717, 1.165) is 23.2 Å². The van der Waals surface area contributed by atoms with Gasteiger partial charge in [0.1, 0.15) is 17.4 Å². The molecule has 0 aliphatic carbocycles. The van der Waals surface area contributed by atoms with Crippen molar-refractivity contribution in [2.24, 2.45) is 0 Å². The Hall–Kier alpha value is -2.46. The van der Waals surface area contributed by atoms with Crippen LogP contribution in [0.15, 0.2) is 54.6 Å². The zero-order valence-electron chi connectivity index (χ0n) is 17.0. The standard InChI is InChI=1S/C24H29NO3/c1-4-25-17-24(2,3)28-23(27)22(25)16-20(26)15-14-19-12-8-9-13-21(19)18-10-6-5-7-11-18/h5-13,22H,4,14-17H2,1-3H3. The predicted octanol–water partition coefficient (Wildman–Crippen LogP) is 4.27. The summed E-state index contributed by atoms with van der Waals surface area (Å²) in [6, 6.07) is 17.9. The molecular formula is C24H29NO3. The van der Waals surface area contributed by atoms with Crippen molar-refractivity contribution in [3.05, 3.63) is 60.2 Å². The van der Waals surface area contributed by atoms with Crippen molar-refractivity contribution in [2.45, 2.75) is 51.7 Å². The van der Waals surface area contributed by atoms with E-state index in [1.807, 2.05) is 51.1 Å². The summed E-state index contributed by atoms with van der Waals surface area (Å²) in [6.45, 7) is 7.22. The first kappa shape index (κ1) is 20.3. The van der Waals surface area contributed by atoms with Crippen LogP contribution in [0, 0.1) is 0 Å². The number of cyclic esters (lactones) is 1. The van der Waals surface area contributed by atoms with Crippen LogP contribution in [-0.2, 0) is 20.7 Å². The van der Waals surface area contributed by atoms with Crippen molar-refractivity contribution < 1.29 is 14.3 Å². The highest BCUT2D eigenvalue weighted by molar-refractivity contribution is 5.87. The summed E-state index contributed by atoms with van der Waals surface area (Å²) in [5.41, 5.74) is 2.97. The van der Waals surface area contributed by atoms with Crippen molar-refractivity contribution in [1.29, 1.82) is 0 Å². The number of morpholine rings is 1. The van der Waals surface area contributed by atoms with Crippen molar-refractivity contribution in [1.82, 2.24) is 4.90 Å². The minimum Gasteiger partial charge on any atom is -0.457 e. The monoisotopic (exact) mass is 379 g/mol. The van der Waals surface area contributed by atoms with Crippen LogP contribution in [0.3, 0.4) is 0 Å². The lowest BCUT2D eigenvalue weighted by Gasteiger charge is -2.41. The number of hydrogen-bond donors (Lipinski definition) is 0. The van der Waals surface area contributed by atoms with Crippen molar-refractivity contribution in [3.8, 4) is 11.1 Å². The van der Waals surface area contributed by atoms with E-state index in [1.165, 1.54) is 0 Å². The normalized spacial score (nSPS) is 19.2. The van der Waals surface area contributed by atoms with Gasteiger partial charge in [0, 0.05) is 19.4 Å². The molecule has 0 N–H and O–H groups in total. The number of aryl methyl sites for hydroxylation is 1. The number of carbonyl (C=O) groups excluding carboxylic acids is 2. The van der Waals surface area contributed by atoms with Gasteiger partial charge in [-0.25, -0.2) is 0 Å². The van der Waals surface area contributed by atoms with Gasteiger partial charge in [0.15, 0.2) is 0 Å². The van der Waals surface area contributed by atoms with Gasteiger partial charge in [-0.2, -0.15) is 0 Å². The third kappa shape index (κ3) is 4.87. The second kappa shape index (κ2) is 8.70. The number of benzene rings is 2. The maximum Gasteiger partial charge on any atom is 0.324 e. The van der Waals surface area contributed by atoms with Crippen molar-refractivity contribution in [3.63, 3.8) is 0 Å². The summed E-state index contributed by atoms with van der Waals surface area (Å²) >= 11 is 0. The predicted molar refractivity (Wildman–Crippen MR) is 111 cm³/mol. The Bertz CT molecular complexity index is 829. The number of Topliss-reactive ketones (excluding diaryl/α,β-unsaturated/α-hetero) is 1. The molecule has 0 saturated carbocycles. The van der Waals surface area contributed by atoms with Gasteiger partial charge >= 0.3 is 5.97 Å². The smallest absolute Gasteiger partial charge is 0.324 e. The number of carbonyl (C=O) groups is 2. The van der Waals surface area contributed by atoms with Crippen molar-refractivity contribution >= 4 is 11.8 Å². The lowest BCUT2D eigenvalue weighted by molar-refractivity contribution is -0.178. The average Bonchev–Trinajstić information content (AvgIpc) is 2.68. The summed E-state index contributed by atoms with van der Waals surface area (Å²) in [5.74, 6) is -0.181. The number of hydrogen-bond acceptors (Lipinski definition) is 4. The quantitative estimate of drug-likeness (QED) is 0.674. The second-order valence-electron chi connectivity index (χ2n) is 8.03. The number of esters is 1. The third-order valence-electron chi connectivity index (χ3n) is 5.28. The van der Waals surface area contributed by atoms with Crippen LogP contribution in [0.2, 0.25) is 0 Å². The van der Waals surface area contributed by atoms with Gasteiger partial charge in [0.2, 0.25) is 0 Å². The molecule has 1 saturated heterocycles. The average molecular weight is 380 g/mol. The van der Waals surface area contributed by atoms with Gasteiger partial charge < -0.3 is 4.74 Å². The topological polar surface area (TPSA) is 46.6 Å².